The number of nitrogens with one attached hydrogen (secondary N) is 1. The molecule has 0 saturated carbocycles. The summed E-state index contributed by atoms with van der Waals surface area (Å²) >= 11 is 12.9. The molecule has 0 amide bonds. The van der Waals surface area contributed by atoms with E-state index in [1.165, 1.54) is 57.1 Å². The van der Waals surface area contributed by atoms with Crippen LogP contribution in [0, 0.1) is 5.92 Å². The Bertz CT molecular complexity index is 1910. The number of Topliss-reactive ketones (excluding diaryl/α,β-unsaturated/α-hetero) is 2. The van der Waals surface area contributed by atoms with Gasteiger partial charge in [0.25, 0.3) is 5.56 Å². The van der Waals surface area contributed by atoms with E-state index in [-0.39, 0.29) is 62.0 Å². The molecule has 3 aromatic rings. The molecule has 42 heavy (non-hydrogen) atoms. The molecule has 1 spiro atoms. The number of aromatic nitrogens is 2. The summed E-state index contributed by atoms with van der Waals surface area (Å²) in [6.07, 6.45) is 0.142. The van der Waals surface area contributed by atoms with Crippen LogP contribution in [0.4, 0.5) is 5.82 Å². The third kappa shape index (κ3) is 3.46. The predicted molar refractivity (Wildman–Crippen MR) is 154 cm³/mol. The van der Waals surface area contributed by atoms with Crippen molar-refractivity contribution in [2.24, 2.45) is 20.0 Å². The molecule has 2 N–H and O–H groups in total. The molecule has 13 heteroatoms. The highest BCUT2D eigenvalue weighted by atomic mass is 35.5. The summed E-state index contributed by atoms with van der Waals surface area (Å²) in [5.41, 5.74) is -2.22. The van der Waals surface area contributed by atoms with Crippen LogP contribution in [-0.2, 0) is 18.9 Å². The first kappa shape index (κ1) is 27.9. The summed E-state index contributed by atoms with van der Waals surface area (Å²) in [6, 6.07) is 5.78. The second-order valence-corrected chi connectivity index (χ2v) is 11.3. The lowest BCUT2D eigenvalue weighted by Crippen LogP contribution is -2.58. The van der Waals surface area contributed by atoms with E-state index in [4.69, 9.17) is 37.4 Å². The number of anilines is 1. The summed E-state index contributed by atoms with van der Waals surface area (Å²) in [5.74, 6) is -2.79. The molecule has 0 radical (unpaired) electrons. The molecule has 1 aliphatic carbocycles. The number of hydrogen-bond acceptors (Lipinski definition) is 9. The zero-order valence-electron chi connectivity index (χ0n) is 23.1. The van der Waals surface area contributed by atoms with Gasteiger partial charge in [-0.3, -0.25) is 23.5 Å². The number of carbonyl (C=O) groups excluding carboxylic acids is 2. The highest BCUT2D eigenvalue weighted by Crippen LogP contribution is 2.56. The molecule has 0 fully saturated rings. The van der Waals surface area contributed by atoms with Gasteiger partial charge in [0.15, 0.2) is 5.75 Å². The van der Waals surface area contributed by atoms with Crippen LogP contribution in [0.25, 0.3) is 0 Å². The molecular weight excluding hydrogens is 589 g/mol. The van der Waals surface area contributed by atoms with Gasteiger partial charge >= 0.3 is 5.69 Å². The quantitative estimate of drug-likeness (QED) is 0.425. The lowest BCUT2D eigenvalue weighted by Gasteiger charge is -2.42. The van der Waals surface area contributed by atoms with E-state index in [0.717, 1.165) is 4.57 Å². The van der Waals surface area contributed by atoms with E-state index < -0.39 is 40.3 Å². The Kier molecular flexibility index (Phi) is 6.25. The molecule has 1 aromatic heterocycles. The molecule has 3 atom stereocenters. The molecule has 3 aliphatic rings. The summed E-state index contributed by atoms with van der Waals surface area (Å²) in [5, 5.41) is 13.3. The molecule has 11 nitrogen and oxygen atoms in total. The number of phenols is 1. The number of rotatable bonds is 3. The van der Waals surface area contributed by atoms with Crippen molar-refractivity contribution in [3.8, 4) is 23.0 Å². The molecule has 3 heterocycles. The maximum Gasteiger partial charge on any atom is 0.332 e. The minimum absolute atomic E-state index is 0.00747. The number of allylic oxidation sites excluding steroid dienone is 1. The first-order valence-electron chi connectivity index (χ1n) is 12.9. The average molecular weight is 614 g/mol. The highest BCUT2D eigenvalue weighted by Gasteiger charge is 2.63. The second kappa shape index (κ2) is 9.40. The summed E-state index contributed by atoms with van der Waals surface area (Å²) in [6.45, 7) is 1.70. The number of benzene rings is 2. The van der Waals surface area contributed by atoms with Crippen molar-refractivity contribution in [1.29, 1.82) is 0 Å². The lowest BCUT2D eigenvalue weighted by molar-refractivity contribution is -0.130. The highest BCUT2D eigenvalue weighted by molar-refractivity contribution is 6.36. The normalized spacial score (nSPS) is 22.4. The van der Waals surface area contributed by atoms with Crippen LogP contribution >= 0.6 is 23.2 Å². The number of methoxy groups -OCH3 is 2. The fourth-order valence-electron chi connectivity index (χ4n) is 6.22. The lowest BCUT2D eigenvalue weighted by atomic mass is 9.66. The first-order chi connectivity index (χ1) is 19.9. The van der Waals surface area contributed by atoms with E-state index in [1.54, 1.807) is 6.92 Å². The van der Waals surface area contributed by atoms with Crippen molar-refractivity contribution in [3.63, 3.8) is 0 Å². The standard InChI is InChI=1S/C29H25Cl2N3O8/c1-11-8-14-19(24(36)29(11)25(37)20-16(40-4)10-17(41-5)22(31)23(20)42-29)18(12-6-7-15(35)13(30)9-12)21-26(32-14)33(2)28(39)34(3)27(21)38/h6-7,9-11,18,32,35H,8H2,1-5H3. The fraction of sp³-hybridized carbons (Fsp3) is 0.310. The Morgan fingerprint density at radius 1 is 1.02 bits per heavy atom. The number of ketones is 2. The third-order valence-corrected chi connectivity index (χ3v) is 9.04. The molecule has 2 aliphatic heterocycles. The van der Waals surface area contributed by atoms with Gasteiger partial charge in [0.2, 0.25) is 17.2 Å². The maximum atomic E-state index is 14.8. The number of aromatic hydroxyl groups is 1. The number of halogens is 2. The SMILES string of the molecule is COc1cc(OC)c2c(c1Cl)OC1(C(=O)C3=C(CC1C)Nc1c(c(=O)n(C)c(=O)n1C)C3c1ccc(O)c(Cl)c1)C2=O. The maximum absolute atomic E-state index is 14.8. The van der Waals surface area contributed by atoms with Gasteiger partial charge in [-0.2, -0.15) is 0 Å². The Morgan fingerprint density at radius 2 is 1.71 bits per heavy atom. The molecule has 0 bridgehead atoms. The van der Waals surface area contributed by atoms with Crippen LogP contribution in [0.5, 0.6) is 23.0 Å². The summed E-state index contributed by atoms with van der Waals surface area (Å²) in [7, 11) is 5.62. The molecular formula is C29H25Cl2N3O8. The van der Waals surface area contributed by atoms with Crippen LogP contribution in [0.15, 0.2) is 45.1 Å². The van der Waals surface area contributed by atoms with Crippen molar-refractivity contribution in [3.05, 3.63) is 83.1 Å². The van der Waals surface area contributed by atoms with Crippen LogP contribution in [-0.4, -0.2) is 45.6 Å². The largest absolute Gasteiger partial charge is 0.506 e. The number of ether oxygens (including phenoxy) is 3. The van der Waals surface area contributed by atoms with E-state index in [9.17, 15) is 24.3 Å². The third-order valence-electron chi connectivity index (χ3n) is 8.38. The zero-order chi connectivity index (χ0) is 30.4. The van der Waals surface area contributed by atoms with E-state index in [0.29, 0.717) is 11.3 Å². The minimum atomic E-state index is -2.03. The van der Waals surface area contributed by atoms with Crippen LogP contribution < -0.4 is 30.8 Å². The number of fused-ring (bicyclic) bond motifs is 2. The van der Waals surface area contributed by atoms with Crippen molar-refractivity contribution in [2.45, 2.75) is 24.9 Å². The molecule has 3 unspecified atom stereocenters. The average Bonchev–Trinajstić information content (AvgIpc) is 3.29. The van der Waals surface area contributed by atoms with Gasteiger partial charge in [0, 0.05) is 43.3 Å². The van der Waals surface area contributed by atoms with Gasteiger partial charge in [0.05, 0.1) is 24.8 Å². The van der Waals surface area contributed by atoms with Crippen molar-refractivity contribution < 1.29 is 28.9 Å². The van der Waals surface area contributed by atoms with Crippen molar-refractivity contribution >= 4 is 40.6 Å². The number of carbonyl (C=O) groups is 2. The number of nitrogens with zero attached hydrogens (tertiary/aromatic N) is 2. The predicted octanol–water partition coefficient (Wildman–Crippen LogP) is 3.55. The molecule has 2 aromatic carbocycles. The van der Waals surface area contributed by atoms with Crippen LogP contribution in [0.1, 0.15) is 40.7 Å². The van der Waals surface area contributed by atoms with Gasteiger partial charge in [-0.1, -0.05) is 36.2 Å². The van der Waals surface area contributed by atoms with Gasteiger partial charge in [0.1, 0.15) is 33.7 Å². The molecule has 0 saturated heterocycles. The Morgan fingerprint density at radius 3 is 2.36 bits per heavy atom. The Labute approximate surface area is 248 Å². The molecule has 6 rings (SSSR count). The number of hydrogen-bond donors (Lipinski definition) is 2. The zero-order valence-corrected chi connectivity index (χ0v) is 24.6. The van der Waals surface area contributed by atoms with E-state index in [2.05, 4.69) is 5.32 Å². The Balaban J connectivity index is 1.63. The van der Waals surface area contributed by atoms with Gasteiger partial charge < -0.3 is 24.6 Å². The van der Waals surface area contributed by atoms with Gasteiger partial charge in [-0.05, 0) is 24.1 Å². The van der Waals surface area contributed by atoms with E-state index in [1.807, 2.05) is 0 Å². The van der Waals surface area contributed by atoms with Crippen molar-refractivity contribution in [2.75, 3.05) is 19.5 Å². The first-order valence-corrected chi connectivity index (χ1v) is 13.7. The van der Waals surface area contributed by atoms with E-state index >= 15 is 0 Å². The summed E-state index contributed by atoms with van der Waals surface area (Å²) < 4.78 is 19.3. The Hall–Kier alpha value is -4.22. The van der Waals surface area contributed by atoms with Crippen LogP contribution in [0.3, 0.4) is 0 Å². The van der Waals surface area contributed by atoms with Gasteiger partial charge in [-0.15, -0.1) is 0 Å². The summed E-state index contributed by atoms with van der Waals surface area (Å²) in [4.78, 5) is 55.6. The fourth-order valence-corrected chi connectivity index (χ4v) is 6.68. The smallest absolute Gasteiger partial charge is 0.332 e. The van der Waals surface area contributed by atoms with Crippen molar-refractivity contribution in [1.82, 2.24) is 9.13 Å². The van der Waals surface area contributed by atoms with Crippen LogP contribution in [0.2, 0.25) is 10.0 Å². The monoisotopic (exact) mass is 613 g/mol. The minimum Gasteiger partial charge on any atom is -0.506 e. The molecule has 218 valence electrons. The van der Waals surface area contributed by atoms with Gasteiger partial charge in [-0.25, -0.2) is 4.79 Å². The topological polar surface area (TPSA) is 138 Å². The second-order valence-electron chi connectivity index (χ2n) is 10.5. The number of phenolic OH excluding ortho intramolecular Hbond substituents is 1.